The van der Waals surface area contributed by atoms with Gasteiger partial charge >= 0.3 is 0 Å². The van der Waals surface area contributed by atoms with Gasteiger partial charge in [0.1, 0.15) is 0 Å². The monoisotopic (exact) mass is 286 g/mol. The first kappa shape index (κ1) is 14.6. The minimum absolute atomic E-state index is 0.265. The average molecular weight is 286 g/mol. The first-order valence-corrected chi connectivity index (χ1v) is 8.31. The van der Waals surface area contributed by atoms with Gasteiger partial charge in [-0.3, -0.25) is 9.69 Å². The lowest BCUT2D eigenvalue weighted by Crippen LogP contribution is -2.44. The largest absolute Gasteiger partial charge is 0.308 e. The van der Waals surface area contributed by atoms with Crippen LogP contribution in [0.15, 0.2) is 24.3 Å². The Morgan fingerprint density at radius 3 is 2.81 bits per heavy atom. The number of hydrogen-bond donors (Lipinski definition) is 0. The summed E-state index contributed by atoms with van der Waals surface area (Å²) in [6.07, 6.45) is 4.79. The fourth-order valence-corrected chi connectivity index (χ4v) is 3.43. The summed E-state index contributed by atoms with van der Waals surface area (Å²) in [6, 6.07) is 8.62. The van der Waals surface area contributed by atoms with Gasteiger partial charge in [0.15, 0.2) is 0 Å². The van der Waals surface area contributed by atoms with Crippen LogP contribution in [0.4, 0.5) is 5.69 Å². The molecule has 1 atom stereocenters. The minimum atomic E-state index is 0.265. The summed E-state index contributed by atoms with van der Waals surface area (Å²) in [5.74, 6) is 1.11. The Kier molecular flexibility index (Phi) is 4.29. The number of hydrogen-bond acceptors (Lipinski definition) is 2. The van der Waals surface area contributed by atoms with Crippen molar-refractivity contribution in [1.29, 1.82) is 0 Å². The molecule has 0 N–H and O–H groups in total. The van der Waals surface area contributed by atoms with E-state index in [1.54, 1.807) is 0 Å². The Morgan fingerprint density at radius 2 is 2.10 bits per heavy atom. The van der Waals surface area contributed by atoms with Crippen LogP contribution in [-0.4, -0.2) is 36.5 Å². The Bertz CT molecular complexity index is 510. The first-order valence-electron chi connectivity index (χ1n) is 8.31. The van der Waals surface area contributed by atoms with Crippen LogP contribution < -0.4 is 4.90 Å². The molecule has 1 unspecified atom stereocenters. The van der Waals surface area contributed by atoms with E-state index in [1.807, 2.05) is 11.0 Å². The van der Waals surface area contributed by atoms with Gasteiger partial charge in [0.05, 0.1) is 6.54 Å². The molecule has 2 aliphatic rings. The molecule has 1 aromatic carbocycles. The van der Waals surface area contributed by atoms with Crippen molar-refractivity contribution in [3.8, 4) is 0 Å². The van der Waals surface area contributed by atoms with E-state index >= 15 is 0 Å². The van der Waals surface area contributed by atoms with Crippen LogP contribution in [0.25, 0.3) is 0 Å². The predicted octanol–water partition coefficient (Wildman–Crippen LogP) is 3.09. The molecular weight excluding hydrogens is 260 g/mol. The number of nitrogens with zero attached hydrogens (tertiary/aromatic N) is 2. The molecule has 0 saturated heterocycles. The first-order chi connectivity index (χ1) is 10.2. The maximum Gasteiger partial charge on any atom is 0.241 e. The van der Waals surface area contributed by atoms with Crippen LogP contribution in [0, 0.1) is 5.92 Å². The number of carbonyl (C=O) groups is 1. The van der Waals surface area contributed by atoms with Gasteiger partial charge in [-0.05, 0) is 56.7 Å². The average Bonchev–Trinajstić information content (AvgIpc) is 3.18. The van der Waals surface area contributed by atoms with Crippen molar-refractivity contribution >= 4 is 11.6 Å². The highest BCUT2D eigenvalue weighted by atomic mass is 16.2. The Balaban J connectivity index is 1.68. The molecule has 0 aromatic heterocycles. The summed E-state index contributed by atoms with van der Waals surface area (Å²) in [5.41, 5.74) is 2.43. The molecule has 3 heteroatoms. The molecule has 0 bridgehead atoms. The van der Waals surface area contributed by atoms with Gasteiger partial charge in [0.2, 0.25) is 5.91 Å². The molecule has 1 amide bonds. The molecule has 1 heterocycles. The normalized spacial score (nSPS) is 20.9. The minimum Gasteiger partial charge on any atom is -0.308 e. The third-order valence-corrected chi connectivity index (χ3v) is 4.59. The molecule has 21 heavy (non-hydrogen) atoms. The van der Waals surface area contributed by atoms with E-state index in [4.69, 9.17) is 0 Å². The second-order valence-electron chi connectivity index (χ2n) is 6.62. The fourth-order valence-electron chi connectivity index (χ4n) is 3.43. The zero-order chi connectivity index (χ0) is 14.8. The highest BCUT2D eigenvalue weighted by Gasteiger charge is 2.32. The van der Waals surface area contributed by atoms with E-state index in [-0.39, 0.29) is 5.91 Å². The second-order valence-corrected chi connectivity index (χ2v) is 6.62. The van der Waals surface area contributed by atoms with E-state index in [1.165, 1.54) is 18.4 Å². The summed E-state index contributed by atoms with van der Waals surface area (Å²) in [4.78, 5) is 17.2. The molecule has 1 saturated carbocycles. The van der Waals surface area contributed by atoms with Crippen molar-refractivity contribution in [3.63, 3.8) is 0 Å². The fraction of sp³-hybridized carbons (Fsp3) is 0.611. The highest BCUT2D eigenvalue weighted by molar-refractivity contribution is 5.97. The maximum atomic E-state index is 12.8. The number of para-hydroxylation sites is 1. The van der Waals surface area contributed by atoms with Gasteiger partial charge < -0.3 is 4.90 Å². The summed E-state index contributed by atoms with van der Waals surface area (Å²) in [7, 11) is 0. The zero-order valence-corrected chi connectivity index (χ0v) is 13.2. The van der Waals surface area contributed by atoms with Gasteiger partial charge in [0.25, 0.3) is 0 Å². The third kappa shape index (κ3) is 3.29. The molecule has 3 nitrogen and oxygen atoms in total. The maximum absolute atomic E-state index is 12.8. The molecule has 0 spiro atoms. The lowest BCUT2D eigenvalue weighted by atomic mass is 10.1. The third-order valence-electron chi connectivity index (χ3n) is 4.59. The van der Waals surface area contributed by atoms with Crippen molar-refractivity contribution in [2.24, 2.45) is 5.92 Å². The summed E-state index contributed by atoms with van der Waals surface area (Å²) < 4.78 is 0. The van der Waals surface area contributed by atoms with E-state index in [0.29, 0.717) is 12.6 Å². The van der Waals surface area contributed by atoms with Crippen molar-refractivity contribution in [2.75, 3.05) is 24.5 Å². The molecule has 1 fully saturated rings. The van der Waals surface area contributed by atoms with Gasteiger partial charge in [-0.15, -0.1) is 0 Å². The molecular formula is C18H26N2O. The van der Waals surface area contributed by atoms with E-state index in [0.717, 1.165) is 37.5 Å². The number of fused-ring (bicyclic) bond motifs is 1. The van der Waals surface area contributed by atoms with Crippen LogP contribution in [0.5, 0.6) is 0 Å². The Morgan fingerprint density at radius 1 is 1.33 bits per heavy atom. The number of rotatable bonds is 6. The van der Waals surface area contributed by atoms with Gasteiger partial charge in [-0.1, -0.05) is 25.1 Å². The number of carbonyl (C=O) groups excluding carboxylic acids is 1. The molecule has 114 valence electrons. The van der Waals surface area contributed by atoms with Crippen molar-refractivity contribution in [1.82, 2.24) is 4.90 Å². The number of benzene rings is 1. The molecule has 3 rings (SSSR count). The highest BCUT2D eigenvalue weighted by Crippen LogP contribution is 2.33. The van der Waals surface area contributed by atoms with E-state index in [9.17, 15) is 4.79 Å². The topological polar surface area (TPSA) is 23.6 Å². The Hall–Kier alpha value is -1.35. The van der Waals surface area contributed by atoms with Crippen LogP contribution >= 0.6 is 0 Å². The molecule has 1 aliphatic carbocycles. The summed E-state index contributed by atoms with van der Waals surface area (Å²) >= 11 is 0. The van der Waals surface area contributed by atoms with E-state index < -0.39 is 0 Å². The van der Waals surface area contributed by atoms with Gasteiger partial charge in [-0.2, -0.15) is 0 Å². The van der Waals surface area contributed by atoms with Crippen molar-refractivity contribution < 1.29 is 4.79 Å². The van der Waals surface area contributed by atoms with Crippen molar-refractivity contribution in [3.05, 3.63) is 29.8 Å². The lowest BCUT2D eigenvalue weighted by Gasteiger charge is -2.27. The SMILES string of the molecule is CCCN(CC(=O)N1c2ccccc2CC1C)CC1CC1. The molecule has 1 aromatic rings. The number of anilines is 1. The smallest absolute Gasteiger partial charge is 0.241 e. The van der Waals surface area contributed by atoms with Crippen LogP contribution in [0.3, 0.4) is 0 Å². The Labute approximate surface area is 127 Å². The van der Waals surface area contributed by atoms with Crippen LogP contribution in [-0.2, 0) is 11.2 Å². The summed E-state index contributed by atoms with van der Waals surface area (Å²) in [6.45, 7) is 7.06. The van der Waals surface area contributed by atoms with Gasteiger partial charge in [-0.25, -0.2) is 0 Å². The summed E-state index contributed by atoms with van der Waals surface area (Å²) in [5, 5.41) is 0. The predicted molar refractivity (Wildman–Crippen MR) is 86.5 cm³/mol. The lowest BCUT2D eigenvalue weighted by molar-refractivity contribution is -0.120. The standard InChI is InChI=1S/C18H26N2O/c1-3-10-19(12-15-8-9-15)13-18(21)20-14(2)11-16-6-4-5-7-17(16)20/h4-7,14-15H,3,8-13H2,1-2H3. The second kappa shape index (κ2) is 6.18. The molecule has 1 aliphatic heterocycles. The van der Waals surface area contributed by atoms with Gasteiger partial charge in [0, 0.05) is 18.3 Å². The van der Waals surface area contributed by atoms with E-state index in [2.05, 4.69) is 36.9 Å². The zero-order valence-electron chi connectivity index (χ0n) is 13.2. The quantitative estimate of drug-likeness (QED) is 0.802. The molecule has 0 radical (unpaired) electrons. The number of amides is 1. The van der Waals surface area contributed by atoms with Crippen molar-refractivity contribution in [2.45, 2.75) is 45.6 Å². The van der Waals surface area contributed by atoms with Crippen LogP contribution in [0.1, 0.15) is 38.7 Å². The van der Waals surface area contributed by atoms with Crippen LogP contribution in [0.2, 0.25) is 0 Å².